The highest BCUT2D eigenvalue weighted by Gasteiger charge is 2.17. The van der Waals surface area contributed by atoms with E-state index < -0.39 is 0 Å². The predicted octanol–water partition coefficient (Wildman–Crippen LogP) is 2.93. The maximum atomic E-state index is 12.7. The van der Waals surface area contributed by atoms with Crippen molar-refractivity contribution in [3.63, 3.8) is 0 Å². The fourth-order valence-electron chi connectivity index (χ4n) is 3.08. The van der Waals surface area contributed by atoms with Crippen molar-refractivity contribution in [3.05, 3.63) is 47.0 Å². The summed E-state index contributed by atoms with van der Waals surface area (Å²) in [5.74, 6) is 1.07. The lowest BCUT2D eigenvalue weighted by atomic mass is 10.2. The molecule has 3 aromatic rings. The topological polar surface area (TPSA) is 70.6 Å². The molecule has 140 valence electrons. The fraction of sp³-hybridized carbons (Fsp3) is 0.316. The van der Waals surface area contributed by atoms with Crippen LogP contribution in [-0.4, -0.2) is 33.5 Å². The van der Waals surface area contributed by atoms with Gasteiger partial charge in [0.05, 0.1) is 10.2 Å². The van der Waals surface area contributed by atoms with Crippen molar-refractivity contribution in [1.29, 1.82) is 0 Å². The number of amides is 1. The molecule has 0 spiro atoms. The maximum absolute atomic E-state index is 12.7. The number of allylic oxidation sites excluding steroid dienone is 1. The highest BCUT2D eigenvalue weighted by Crippen LogP contribution is 2.35. The van der Waals surface area contributed by atoms with E-state index in [1.54, 1.807) is 16.8 Å². The average Bonchev–Trinajstić information content (AvgIpc) is 3.20. The second-order valence-electron chi connectivity index (χ2n) is 6.15. The summed E-state index contributed by atoms with van der Waals surface area (Å²) < 4.78 is 16.1. The van der Waals surface area contributed by atoms with E-state index in [9.17, 15) is 4.79 Å². The molecule has 1 amide bonds. The number of carbonyl (C=O) groups excluding carboxylic acids is 1. The number of thiazole rings is 1. The van der Waals surface area contributed by atoms with Crippen LogP contribution in [-0.2, 0) is 13.1 Å². The van der Waals surface area contributed by atoms with E-state index in [-0.39, 0.29) is 5.91 Å². The number of nitrogens with zero attached hydrogens (tertiary/aromatic N) is 4. The Hall–Kier alpha value is -2.87. The number of fused-ring (bicyclic) bond motifs is 2. The fourth-order valence-corrected chi connectivity index (χ4v) is 4.12. The zero-order valence-corrected chi connectivity index (χ0v) is 16.1. The molecular weight excluding hydrogens is 364 g/mol. The number of hydrogen-bond acceptors (Lipinski definition) is 5. The van der Waals surface area contributed by atoms with Crippen LogP contribution >= 0.6 is 11.3 Å². The quantitative estimate of drug-likeness (QED) is 0.649. The van der Waals surface area contributed by atoms with Crippen molar-refractivity contribution < 1.29 is 14.3 Å². The first-order chi connectivity index (χ1) is 13.1. The van der Waals surface area contributed by atoms with Crippen LogP contribution in [0.4, 0.5) is 0 Å². The smallest absolute Gasteiger partial charge is 0.300 e. The Morgan fingerprint density at radius 2 is 2.07 bits per heavy atom. The molecule has 0 saturated heterocycles. The number of benzene rings is 1. The summed E-state index contributed by atoms with van der Waals surface area (Å²) >= 11 is 1.43. The van der Waals surface area contributed by atoms with E-state index in [2.05, 4.69) is 16.7 Å². The van der Waals surface area contributed by atoms with Gasteiger partial charge in [0, 0.05) is 30.9 Å². The van der Waals surface area contributed by atoms with Gasteiger partial charge in [0.2, 0.25) is 0 Å². The lowest BCUT2D eigenvalue weighted by Gasteiger charge is -2.18. The molecule has 0 saturated carbocycles. The van der Waals surface area contributed by atoms with Crippen LogP contribution < -0.4 is 14.3 Å². The predicted molar refractivity (Wildman–Crippen MR) is 104 cm³/mol. The van der Waals surface area contributed by atoms with Crippen molar-refractivity contribution in [2.45, 2.75) is 26.9 Å². The lowest BCUT2D eigenvalue weighted by Crippen LogP contribution is -2.17. The molecule has 0 bridgehead atoms. The summed E-state index contributed by atoms with van der Waals surface area (Å²) in [5, 5.41) is 4.33. The third-order valence-electron chi connectivity index (χ3n) is 4.36. The van der Waals surface area contributed by atoms with Gasteiger partial charge in [-0.2, -0.15) is 10.1 Å². The molecule has 4 rings (SSSR count). The van der Waals surface area contributed by atoms with Crippen molar-refractivity contribution in [2.75, 3.05) is 13.2 Å². The molecule has 1 aliphatic heterocycles. The minimum atomic E-state index is -0.355. The molecular formula is C19H20N4O3S. The van der Waals surface area contributed by atoms with Crippen molar-refractivity contribution >= 4 is 27.5 Å². The Bertz CT molecular complexity index is 1110. The van der Waals surface area contributed by atoms with Gasteiger partial charge in [-0.25, -0.2) is 0 Å². The first-order valence-corrected chi connectivity index (χ1v) is 9.59. The van der Waals surface area contributed by atoms with Crippen LogP contribution in [0, 0.1) is 6.92 Å². The highest BCUT2D eigenvalue weighted by molar-refractivity contribution is 7.16. The third-order valence-corrected chi connectivity index (χ3v) is 5.40. The summed E-state index contributed by atoms with van der Waals surface area (Å²) in [4.78, 5) is 17.6. The van der Waals surface area contributed by atoms with Crippen molar-refractivity contribution in [1.82, 2.24) is 14.3 Å². The Morgan fingerprint density at radius 1 is 1.33 bits per heavy atom. The Morgan fingerprint density at radius 3 is 2.74 bits per heavy atom. The SMILES string of the molecule is C=CCn1c(=NC(=O)c2cc(C)n(CC)n2)sc2cc3c(cc21)OCCO3. The van der Waals surface area contributed by atoms with Gasteiger partial charge in [0.25, 0.3) is 5.91 Å². The molecule has 1 aromatic carbocycles. The van der Waals surface area contributed by atoms with E-state index in [1.165, 1.54) is 11.3 Å². The monoisotopic (exact) mass is 384 g/mol. The number of rotatable bonds is 4. The molecule has 0 atom stereocenters. The molecule has 0 radical (unpaired) electrons. The van der Waals surface area contributed by atoms with Gasteiger partial charge < -0.3 is 14.0 Å². The van der Waals surface area contributed by atoms with E-state index in [1.807, 2.05) is 30.5 Å². The van der Waals surface area contributed by atoms with Crippen LogP contribution in [0.1, 0.15) is 23.1 Å². The van der Waals surface area contributed by atoms with Crippen LogP contribution in [0.5, 0.6) is 11.5 Å². The van der Waals surface area contributed by atoms with Crippen LogP contribution in [0.2, 0.25) is 0 Å². The Balaban J connectivity index is 1.84. The molecule has 0 unspecified atom stereocenters. The summed E-state index contributed by atoms with van der Waals surface area (Å²) in [7, 11) is 0. The molecule has 0 fully saturated rings. The first kappa shape index (κ1) is 17.5. The molecule has 7 nitrogen and oxygen atoms in total. The van der Waals surface area contributed by atoms with E-state index in [4.69, 9.17) is 9.47 Å². The largest absolute Gasteiger partial charge is 0.486 e. The number of carbonyl (C=O) groups is 1. The van der Waals surface area contributed by atoms with E-state index in [0.29, 0.717) is 42.5 Å². The molecule has 2 aromatic heterocycles. The molecule has 0 aliphatic carbocycles. The van der Waals surface area contributed by atoms with Crippen molar-refractivity contribution in [3.8, 4) is 11.5 Å². The summed E-state index contributed by atoms with van der Waals surface area (Å²) in [6, 6.07) is 5.64. The second-order valence-corrected chi connectivity index (χ2v) is 7.16. The minimum absolute atomic E-state index is 0.350. The van der Waals surface area contributed by atoms with Gasteiger partial charge in [0.1, 0.15) is 13.2 Å². The number of aryl methyl sites for hydroxylation is 2. The molecule has 1 aliphatic rings. The van der Waals surface area contributed by atoms with Gasteiger partial charge in [-0.05, 0) is 19.9 Å². The zero-order valence-electron chi connectivity index (χ0n) is 15.3. The normalized spacial score (nSPS) is 13.9. The van der Waals surface area contributed by atoms with Gasteiger partial charge in [-0.3, -0.25) is 9.48 Å². The standard InChI is InChI=1S/C19H20N4O3S/c1-4-6-22-14-10-15-16(26-8-7-25-15)11-17(14)27-19(22)20-18(24)13-9-12(3)23(5-2)21-13/h4,9-11H,1,5-8H2,2-3H3. The highest BCUT2D eigenvalue weighted by atomic mass is 32.1. The van der Waals surface area contributed by atoms with Crippen LogP contribution in [0.25, 0.3) is 10.2 Å². The minimum Gasteiger partial charge on any atom is -0.486 e. The van der Waals surface area contributed by atoms with Gasteiger partial charge >= 0.3 is 0 Å². The second kappa shape index (κ2) is 7.03. The third kappa shape index (κ3) is 3.16. The first-order valence-electron chi connectivity index (χ1n) is 8.78. The zero-order chi connectivity index (χ0) is 19.0. The Labute approximate surface area is 160 Å². The average molecular weight is 384 g/mol. The van der Waals surface area contributed by atoms with Gasteiger partial charge in [0.15, 0.2) is 22.0 Å². The molecule has 8 heteroatoms. The molecule has 27 heavy (non-hydrogen) atoms. The molecule has 0 N–H and O–H groups in total. The summed E-state index contributed by atoms with van der Waals surface area (Å²) in [5.41, 5.74) is 2.22. The summed E-state index contributed by atoms with van der Waals surface area (Å²) in [6.45, 7) is 10.0. The Kier molecular flexibility index (Phi) is 4.57. The summed E-state index contributed by atoms with van der Waals surface area (Å²) in [6.07, 6.45) is 1.78. The lowest BCUT2D eigenvalue weighted by molar-refractivity contribution is 0.0992. The van der Waals surface area contributed by atoms with Crippen LogP contribution in [0.3, 0.4) is 0 Å². The number of aromatic nitrogens is 3. The van der Waals surface area contributed by atoms with Crippen LogP contribution in [0.15, 0.2) is 35.8 Å². The van der Waals surface area contributed by atoms with E-state index >= 15 is 0 Å². The maximum Gasteiger partial charge on any atom is 0.300 e. The van der Waals surface area contributed by atoms with Gasteiger partial charge in [-0.15, -0.1) is 6.58 Å². The molecule has 3 heterocycles. The van der Waals surface area contributed by atoms with Crippen molar-refractivity contribution in [2.24, 2.45) is 4.99 Å². The number of hydrogen-bond donors (Lipinski definition) is 0. The van der Waals surface area contributed by atoms with Gasteiger partial charge in [-0.1, -0.05) is 17.4 Å². The van der Waals surface area contributed by atoms with E-state index in [0.717, 1.165) is 21.7 Å². The number of ether oxygens (including phenoxy) is 2.